The van der Waals surface area contributed by atoms with Crippen molar-refractivity contribution in [2.45, 2.75) is 5.92 Å². The molecule has 1 fully saturated rings. The molecule has 0 heterocycles. The number of primary amides is 1. The zero-order valence-electron chi connectivity index (χ0n) is 12.1. The van der Waals surface area contributed by atoms with Gasteiger partial charge in [-0.05, 0) is 11.6 Å². The Morgan fingerprint density at radius 2 is 1.58 bits per heavy atom. The molecule has 0 aromatic heterocycles. The summed E-state index contributed by atoms with van der Waals surface area (Å²) < 4.78 is 0. The Morgan fingerprint density at radius 1 is 1.04 bits per heavy atom. The van der Waals surface area contributed by atoms with Crippen LogP contribution in [0.3, 0.4) is 0 Å². The summed E-state index contributed by atoms with van der Waals surface area (Å²) in [5.41, 5.74) is 6.62. The van der Waals surface area contributed by atoms with E-state index in [2.05, 4.69) is 0 Å². The Morgan fingerprint density at radius 3 is 2.00 bits per heavy atom. The van der Waals surface area contributed by atoms with Crippen LogP contribution in [0.25, 0.3) is 0 Å². The molecule has 1 saturated carbocycles. The molecule has 116 valence electrons. The summed E-state index contributed by atoms with van der Waals surface area (Å²) in [6.45, 7) is 0. The van der Waals surface area contributed by atoms with Gasteiger partial charge in [0.05, 0.1) is 17.8 Å². The fourth-order valence-electron chi connectivity index (χ4n) is 3.12. The number of halogens is 1. The van der Waals surface area contributed by atoms with Gasteiger partial charge in [-0.1, -0.05) is 29.8 Å². The molecule has 24 heavy (non-hydrogen) atoms. The number of nitriles is 4. The Bertz CT molecular complexity index is 925. The van der Waals surface area contributed by atoms with Crippen molar-refractivity contribution >= 4 is 17.5 Å². The number of allylic oxidation sites excluding steroid dienone is 2. The van der Waals surface area contributed by atoms with Crippen LogP contribution in [0.5, 0.6) is 0 Å². The zero-order valence-corrected chi connectivity index (χ0v) is 12.9. The van der Waals surface area contributed by atoms with Gasteiger partial charge in [-0.2, -0.15) is 21.0 Å². The highest BCUT2D eigenvalue weighted by Gasteiger charge is 2.84. The van der Waals surface area contributed by atoms with Crippen LogP contribution in [0.2, 0.25) is 5.02 Å². The molecule has 8 heteroatoms. The fourth-order valence-corrected chi connectivity index (χ4v) is 3.36. The average Bonchev–Trinajstić information content (AvgIpc) is 3.20. The predicted octanol–water partition coefficient (Wildman–Crippen LogP) is 1.20. The number of amides is 1. The molecule has 0 radical (unpaired) electrons. The van der Waals surface area contributed by atoms with Crippen molar-refractivity contribution in [1.29, 1.82) is 21.0 Å². The van der Waals surface area contributed by atoms with Gasteiger partial charge in [0.2, 0.25) is 5.91 Å². The summed E-state index contributed by atoms with van der Waals surface area (Å²) in [6, 6.07) is 13.0. The number of hydrogen-bond donors (Lipinski definition) is 2. The second kappa shape index (κ2) is 5.60. The average molecular weight is 337 g/mol. The van der Waals surface area contributed by atoms with Crippen LogP contribution in [-0.2, 0) is 4.79 Å². The molecule has 3 atom stereocenters. The number of nitrogens with zero attached hydrogens (tertiary/aromatic N) is 4. The molecule has 1 aromatic rings. The molecule has 1 aliphatic rings. The summed E-state index contributed by atoms with van der Waals surface area (Å²) in [7, 11) is 0. The van der Waals surface area contributed by atoms with E-state index < -0.39 is 33.9 Å². The molecule has 1 aromatic carbocycles. The van der Waals surface area contributed by atoms with Crippen LogP contribution in [-0.4, -0.2) is 5.91 Å². The van der Waals surface area contributed by atoms with E-state index in [-0.39, 0.29) is 5.02 Å². The Labute approximate surface area is 142 Å². The summed E-state index contributed by atoms with van der Waals surface area (Å²) in [4.78, 5) is 12.0. The molecule has 2 rings (SSSR count). The maximum atomic E-state index is 12.0. The van der Waals surface area contributed by atoms with Crippen LogP contribution in [0.4, 0.5) is 0 Å². The first-order valence-electron chi connectivity index (χ1n) is 6.56. The van der Waals surface area contributed by atoms with Gasteiger partial charge < -0.3 is 11.5 Å². The highest BCUT2D eigenvalue weighted by molar-refractivity contribution is 6.31. The van der Waals surface area contributed by atoms with E-state index in [1.165, 1.54) is 12.1 Å². The lowest BCUT2D eigenvalue weighted by molar-refractivity contribution is -0.122. The Balaban J connectivity index is 2.88. The van der Waals surface area contributed by atoms with Gasteiger partial charge in [0, 0.05) is 10.9 Å². The molecule has 7 nitrogen and oxygen atoms in total. The van der Waals surface area contributed by atoms with Crippen molar-refractivity contribution < 1.29 is 4.79 Å². The van der Waals surface area contributed by atoms with E-state index in [1.54, 1.807) is 30.3 Å². The third-order valence-corrected chi connectivity index (χ3v) is 4.62. The molecule has 1 amide bonds. The largest absolute Gasteiger partial charge is 0.399 e. The molecule has 4 N–H and O–H groups in total. The van der Waals surface area contributed by atoms with E-state index in [0.29, 0.717) is 5.56 Å². The van der Waals surface area contributed by atoms with Gasteiger partial charge in [0.1, 0.15) is 23.1 Å². The summed E-state index contributed by atoms with van der Waals surface area (Å²) in [5.74, 6) is -2.16. The second-order valence-corrected chi connectivity index (χ2v) is 5.58. The van der Waals surface area contributed by atoms with Crippen LogP contribution < -0.4 is 11.5 Å². The summed E-state index contributed by atoms with van der Waals surface area (Å²) >= 11 is 6.13. The van der Waals surface area contributed by atoms with Crippen LogP contribution in [0.1, 0.15) is 11.5 Å². The van der Waals surface area contributed by atoms with Crippen molar-refractivity contribution in [2.24, 2.45) is 22.3 Å². The van der Waals surface area contributed by atoms with Gasteiger partial charge in [0.15, 0.2) is 5.41 Å². The molecule has 0 unspecified atom stereocenters. The van der Waals surface area contributed by atoms with Crippen LogP contribution in [0.15, 0.2) is 35.5 Å². The third kappa shape index (κ3) is 1.77. The fraction of sp³-hybridized carbons (Fsp3) is 0.188. The lowest BCUT2D eigenvalue weighted by Crippen LogP contribution is -2.32. The standard InChI is InChI=1S/C16H9ClN6O/c17-11-4-2-1-3-10(11)12-15(7-20,13(22)9(5-18)6-19)16(12,8-21)14(23)24/h1-4,12H,22H2,(H2,23,24)/t12-,15+,16-/m1/s1. The van der Waals surface area contributed by atoms with E-state index >= 15 is 0 Å². The number of rotatable bonds is 3. The SMILES string of the molecule is N#CC(C#N)=C(N)[C@]1(C#N)[C@@H](c2ccccc2Cl)[C@]1(C#N)C(N)=O. The summed E-state index contributed by atoms with van der Waals surface area (Å²) in [5, 5.41) is 37.6. The van der Waals surface area contributed by atoms with Gasteiger partial charge in [-0.15, -0.1) is 0 Å². The zero-order chi connectivity index (χ0) is 18.1. The van der Waals surface area contributed by atoms with Crippen LogP contribution >= 0.6 is 11.6 Å². The van der Waals surface area contributed by atoms with E-state index in [1.807, 2.05) is 6.07 Å². The topological polar surface area (TPSA) is 164 Å². The van der Waals surface area contributed by atoms with Gasteiger partial charge >= 0.3 is 0 Å². The summed E-state index contributed by atoms with van der Waals surface area (Å²) in [6.07, 6.45) is 0. The maximum absolute atomic E-state index is 12.0. The molecule has 0 spiro atoms. The molecule has 0 bridgehead atoms. The van der Waals surface area contributed by atoms with E-state index in [0.717, 1.165) is 0 Å². The van der Waals surface area contributed by atoms with Crippen molar-refractivity contribution in [3.8, 4) is 24.3 Å². The maximum Gasteiger partial charge on any atom is 0.240 e. The highest BCUT2D eigenvalue weighted by atomic mass is 35.5. The number of carbonyl (C=O) groups excluding carboxylic acids is 1. The molecule has 0 aliphatic heterocycles. The first kappa shape index (κ1) is 16.8. The van der Waals surface area contributed by atoms with Crippen molar-refractivity contribution in [3.05, 3.63) is 46.1 Å². The van der Waals surface area contributed by atoms with Gasteiger partial charge in [-0.25, -0.2) is 0 Å². The Hall–Kier alpha value is -3.52. The quantitative estimate of drug-likeness (QED) is 0.787. The number of hydrogen-bond acceptors (Lipinski definition) is 6. The monoisotopic (exact) mass is 336 g/mol. The minimum absolute atomic E-state index is 0.212. The normalized spacial score (nSPS) is 26.8. The lowest BCUT2D eigenvalue weighted by Gasteiger charge is -2.11. The molecular weight excluding hydrogens is 328 g/mol. The first-order valence-corrected chi connectivity index (χ1v) is 6.94. The van der Waals surface area contributed by atoms with Gasteiger partial charge in [0.25, 0.3) is 0 Å². The minimum Gasteiger partial charge on any atom is -0.399 e. The molecule has 0 saturated heterocycles. The van der Waals surface area contributed by atoms with E-state index in [4.69, 9.17) is 33.6 Å². The highest BCUT2D eigenvalue weighted by Crippen LogP contribution is 2.76. The van der Waals surface area contributed by atoms with Crippen LogP contribution in [0, 0.1) is 56.2 Å². The van der Waals surface area contributed by atoms with E-state index in [9.17, 15) is 15.3 Å². The number of benzene rings is 1. The predicted molar refractivity (Wildman–Crippen MR) is 81.9 cm³/mol. The Kier molecular flexibility index (Phi) is 3.93. The van der Waals surface area contributed by atoms with Crippen molar-refractivity contribution in [2.75, 3.05) is 0 Å². The minimum atomic E-state index is -2.02. The molecule has 1 aliphatic carbocycles. The van der Waals surface area contributed by atoms with Gasteiger partial charge in [-0.3, -0.25) is 4.79 Å². The smallest absolute Gasteiger partial charge is 0.240 e. The van der Waals surface area contributed by atoms with Crippen molar-refractivity contribution in [3.63, 3.8) is 0 Å². The van der Waals surface area contributed by atoms with Crippen molar-refractivity contribution in [1.82, 2.24) is 0 Å². The number of carbonyl (C=O) groups is 1. The first-order chi connectivity index (χ1) is 11.4. The lowest BCUT2D eigenvalue weighted by atomic mass is 9.89. The third-order valence-electron chi connectivity index (χ3n) is 4.28. The number of nitrogens with two attached hydrogens (primary N) is 2. The second-order valence-electron chi connectivity index (χ2n) is 5.17. The molecular formula is C16H9ClN6O.